The number of benzene rings is 1. The van der Waals surface area contributed by atoms with Gasteiger partial charge in [-0.2, -0.15) is 5.10 Å². The number of aryl methyl sites for hydroxylation is 2. The molecule has 0 fully saturated rings. The van der Waals surface area contributed by atoms with E-state index in [1.807, 2.05) is 18.3 Å². The van der Waals surface area contributed by atoms with Gasteiger partial charge in [0.2, 0.25) is 0 Å². The average Bonchev–Trinajstić information content (AvgIpc) is 3.02. The molecule has 0 radical (unpaired) electrons. The Morgan fingerprint density at radius 1 is 1.27 bits per heavy atom. The molecule has 1 atom stereocenters. The molecule has 0 spiro atoms. The van der Waals surface area contributed by atoms with Crippen LogP contribution in [0, 0.1) is 0 Å². The number of para-hydroxylation sites is 1. The Bertz CT molecular complexity index is 706. The Hall–Kier alpha value is -2.30. The number of anilines is 1. The fraction of sp³-hybridized carbons (Fsp3) is 0.412. The second kappa shape index (κ2) is 5.48. The summed E-state index contributed by atoms with van der Waals surface area (Å²) in [6, 6.07) is 6.18. The highest BCUT2D eigenvalue weighted by Crippen LogP contribution is 2.26. The van der Waals surface area contributed by atoms with E-state index in [9.17, 15) is 4.79 Å². The molecule has 114 valence electrons. The molecule has 4 rings (SSSR count). The van der Waals surface area contributed by atoms with Crippen molar-refractivity contribution in [2.75, 3.05) is 11.9 Å². The number of nitrogens with zero attached hydrogens (tertiary/aromatic N) is 1. The third-order valence-electron chi connectivity index (χ3n) is 4.68. The number of rotatable bonds is 2. The third-order valence-corrected chi connectivity index (χ3v) is 4.68. The first-order chi connectivity index (χ1) is 10.8. The molecule has 0 saturated heterocycles. The molecule has 3 N–H and O–H groups in total. The minimum atomic E-state index is 0.0271. The Morgan fingerprint density at radius 2 is 2.23 bits per heavy atom. The maximum atomic E-state index is 12.7. The number of aromatic nitrogens is 2. The number of carbonyl (C=O) groups excluding carboxylic acids is 1. The van der Waals surface area contributed by atoms with E-state index in [4.69, 9.17) is 0 Å². The minimum Gasteiger partial charge on any atom is -0.384 e. The topological polar surface area (TPSA) is 69.8 Å². The normalized spacial score (nSPS) is 19.7. The highest BCUT2D eigenvalue weighted by Gasteiger charge is 2.24. The number of amides is 1. The largest absolute Gasteiger partial charge is 0.384 e. The maximum absolute atomic E-state index is 12.7. The lowest BCUT2D eigenvalue weighted by Gasteiger charge is -2.25. The fourth-order valence-corrected chi connectivity index (χ4v) is 3.49. The molecule has 5 nitrogen and oxygen atoms in total. The summed E-state index contributed by atoms with van der Waals surface area (Å²) in [5.74, 6) is 0.0271. The van der Waals surface area contributed by atoms with Crippen LogP contribution in [0.2, 0.25) is 0 Å². The number of hydrogen-bond donors (Lipinski definition) is 3. The van der Waals surface area contributed by atoms with Crippen molar-refractivity contribution in [3.05, 3.63) is 46.8 Å². The van der Waals surface area contributed by atoms with Gasteiger partial charge in [0, 0.05) is 24.7 Å². The van der Waals surface area contributed by atoms with Crippen molar-refractivity contribution in [3.63, 3.8) is 0 Å². The van der Waals surface area contributed by atoms with Crippen molar-refractivity contribution in [3.8, 4) is 0 Å². The second-order valence-electron chi connectivity index (χ2n) is 6.16. The van der Waals surface area contributed by atoms with Crippen LogP contribution in [-0.2, 0) is 19.3 Å². The zero-order valence-electron chi connectivity index (χ0n) is 12.5. The molecule has 1 aliphatic heterocycles. The first-order valence-electron chi connectivity index (χ1n) is 7.99. The lowest BCUT2D eigenvalue weighted by molar-refractivity contribution is 0.0934. The van der Waals surface area contributed by atoms with E-state index in [1.54, 1.807) is 0 Å². The van der Waals surface area contributed by atoms with Crippen LogP contribution in [0.3, 0.4) is 0 Å². The van der Waals surface area contributed by atoms with Crippen molar-refractivity contribution in [2.24, 2.45) is 0 Å². The summed E-state index contributed by atoms with van der Waals surface area (Å²) < 4.78 is 0. The zero-order valence-corrected chi connectivity index (χ0v) is 12.5. The Balaban J connectivity index is 1.51. The van der Waals surface area contributed by atoms with Gasteiger partial charge in [0.25, 0.3) is 5.91 Å². The predicted molar refractivity (Wildman–Crippen MR) is 85.1 cm³/mol. The summed E-state index contributed by atoms with van der Waals surface area (Å²) in [5, 5.41) is 13.7. The van der Waals surface area contributed by atoms with Crippen LogP contribution in [0.25, 0.3) is 0 Å². The number of aromatic amines is 1. The molecule has 1 amide bonds. The monoisotopic (exact) mass is 296 g/mol. The van der Waals surface area contributed by atoms with Crippen LogP contribution < -0.4 is 10.6 Å². The predicted octanol–water partition coefficient (Wildman–Crippen LogP) is 2.06. The molecule has 2 heterocycles. The molecule has 22 heavy (non-hydrogen) atoms. The number of nitrogens with one attached hydrogen (secondary N) is 3. The van der Waals surface area contributed by atoms with E-state index in [0.717, 1.165) is 55.6 Å². The average molecular weight is 296 g/mol. The Kier molecular flexibility index (Phi) is 3.33. The van der Waals surface area contributed by atoms with Crippen molar-refractivity contribution in [1.82, 2.24) is 15.5 Å². The standard InChI is InChI=1S/C17H20N4O/c22-17(14-5-1-3-11-4-2-8-18-16(11)14)20-13-7-6-12-10-19-21-15(12)9-13/h1,3,5,10,13,18H,2,4,6-9H2,(H,19,21)(H,20,22). The summed E-state index contributed by atoms with van der Waals surface area (Å²) in [5.41, 5.74) is 5.48. The summed E-state index contributed by atoms with van der Waals surface area (Å²) in [4.78, 5) is 12.7. The lowest BCUT2D eigenvalue weighted by Crippen LogP contribution is -2.39. The van der Waals surface area contributed by atoms with Gasteiger partial charge in [0.05, 0.1) is 17.4 Å². The van der Waals surface area contributed by atoms with E-state index in [2.05, 4.69) is 26.9 Å². The molecule has 1 unspecified atom stereocenters. The van der Waals surface area contributed by atoms with E-state index in [1.165, 1.54) is 11.1 Å². The summed E-state index contributed by atoms with van der Waals surface area (Å²) in [6.07, 6.45) is 6.85. The van der Waals surface area contributed by atoms with E-state index in [0.29, 0.717) is 0 Å². The van der Waals surface area contributed by atoms with Crippen molar-refractivity contribution in [2.45, 2.75) is 38.1 Å². The van der Waals surface area contributed by atoms with Gasteiger partial charge < -0.3 is 10.6 Å². The molecule has 5 heteroatoms. The second-order valence-corrected chi connectivity index (χ2v) is 6.16. The first kappa shape index (κ1) is 13.4. The Labute approximate surface area is 129 Å². The van der Waals surface area contributed by atoms with Crippen LogP contribution in [0.5, 0.6) is 0 Å². The van der Waals surface area contributed by atoms with Crippen LogP contribution in [0.4, 0.5) is 5.69 Å². The molecule has 0 saturated carbocycles. The summed E-state index contributed by atoms with van der Waals surface area (Å²) in [7, 11) is 0. The highest BCUT2D eigenvalue weighted by atomic mass is 16.1. The van der Waals surface area contributed by atoms with Gasteiger partial charge in [-0.05, 0) is 42.9 Å². The summed E-state index contributed by atoms with van der Waals surface area (Å²) in [6.45, 7) is 0.943. The lowest BCUT2D eigenvalue weighted by atomic mass is 9.93. The van der Waals surface area contributed by atoms with Gasteiger partial charge in [-0.15, -0.1) is 0 Å². The smallest absolute Gasteiger partial charge is 0.253 e. The zero-order chi connectivity index (χ0) is 14.9. The maximum Gasteiger partial charge on any atom is 0.253 e. The van der Waals surface area contributed by atoms with Crippen LogP contribution >= 0.6 is 0 Å². The quantitative estimate of drug-likeness (QED) is 0.794. The number of fused-ring (bicyclic) bond motifs is 2. The fourth-order valence-electron chi connectivity index (χ4n) is 3.49. The molecule has 2 aromatic rings. The molecule has 2 aliphatic rings. The van der Waals surface area contributed by atoms with Gasteiger partial charge in [-0.3, -0.25) is 9.89 Å². The number of hydrogen-bond acceptors (Lipinski definition) is 3. The van der Waals surface area contributed by atoms with Gasteiger partial charge in [-0.25, -0.2) is 0 Å². The molecular formula is C17H20N4O. The molecule has 1 aromatic carbocycles. The van der Waals surface area contributed by atoms with E-state index >= 15 is 0 Å². The first-order valence-corrected chi connectivity index (χ1v) is 7.99. The molecule has 0 bridgehead atoms. The van der Waals surface area contributed by atoms with Gasteiger partial charge in [-0.1, -0.05) is 12.1 Å². The van der Waals surface area contributed by atoms with Crippen molar-refractivity contribution < 1.29 is 4.79 Å². The van der Waals surface area contributed by atoms with Gasteiger partial charge >= 0.3 is 0 Å². The van der Waals surface area contributed by atoms with E-state index < -0.39 is 0 Å². The minimum absolute atomic E-state index is 0.0271. The number of carbonyl (C=O) groups is 1. The van der Waals surface area contributed by atoms with Crippen LogP contribution in [-0.4, -0.2) is 28.7 Å². The van der Waals surface area contributed by atoms with E-state index in [-0.39, 0.29) is 11.9 Å². The molecule has 1 aromatic heterocycles. The van der Waals surface area contributed by atoms with Gasteiger partial charge in [0.15, 0.2) is 0 Å². The Morgan fingerprint density at radius 3 is 3.18 bits per heavy atom. The molecular weight excluding hydrogens is 276 g/mol. The van der Waals surface area contributed by atoms with Crippen molar-refractivity contribution in [1.29, 1.82) is 0 Å². The SMILES string of the molecule is O=C(NC1CCc2cn[nH]c2C1)c1cccc2c1NCCC2. The molecule has 1 aliphatic carbocycles. The van der Waals surface area contributed by atoms with Crippen LogP contribution in [0.15, 0.2) is 24.4 Å². The van der Waals surface area contributed by atoms with Crippen molar-refractivity contribution >= 4 is 11.6 Å². The van der Waals surface area contributed by atoms with Crippen LogP contribution in [0.1, 0.15) is 40.0 Å². The highest BCUT2D eigenvalue weighted by molar-refractivity contribution is 6.00. The summed E-state index contributed by atoms with van der Waals surface area (Å²) >= 11 is 0. The van der Waals surface area contributed by atoms with Gasteiger partial charge in [0.1, 0.15) is 0 Å². The number of H-pyrrole nitrogens is 1. The third kappa shape index (κ3) is 2.36.